The molecule has 0 bridgehead atoms. The van der Waals surface area contributed by atoms with Gasteiger partial charge in [0.05, 0.1) is 0 Å². The van der Waals surface area contributed by atoms with Gasteiger partial charge in [0, 0.05) is 6.04 Å². The Labute approximate surface area is 115 Å². The minimum absolute atomic E-state index is 0.0655. The molecule has 2 atom stereocenters. The summed E-state index contributed by atoms with van der Waals surface area (Å²) in [5, 5.41) is 3.08. The highest BCUT2D eigenvalue weighted by molar-refractivity contribution is 5.83. The third-order valence-electron chi connectivity index (χ3n) is 4.17. The van der Waals surface area contributed by atoms with Crippen molar-refractivity contribution in [1.29, 1.82) is 0 Å². The summed E-state index contributed by atoms with van der Waals surface area (Å²) in [7, 11) is 0. The second-order valence-corrected chi connectivity index (χ2v) is 5.58. The molecule has 0 unspecified atom stereocenters. The van der Waals surface area contributed by atoms with Crippen molar-refractivity contribution in [2.75, 3.05) is 0 Å². The Balaban J connectivity index is 1.89. The maximum atomic E-state index is 12.2. The van der Waals surface area contributed by atoms with Crippen molar-refractivity contribution in [3.8, 4) is 0 Å². The zero-order chi connectivity index (χ0) is 13.7. The number of carbonyl (C=O) groups excluding carboxylic acids is 1. The van der Waals surface area contributed by atoms with Gasteiger partial charge in [-0.3, -0.25) is 4.79 Å². The van der Waals surface area contributed by atoms with E-state index in [9.17, 15) is 4.79 Å². The Morgan fingerprint density at radius 1 is 1.21 bits per heavy atom. The molecule has 1 aromatic carbocycles. The first-order valence-corrected chi connectivity index (χ1v) is 7.29. The molecule has 1 aliphatic carbocycles. The van der Waals surface area contributed by atoms with Gasteiger partial charge in [-0.15, -0.1) is 0 Å². The predicted octanol–water partition coefficient (Wildman–Crippen LogP) is 2.77. The Morgan fingerprint density at radius 2 is 1.84 bits per heavy atom. The summed E-state index contributed by atoms with van der Waals surface area (Å²) in [4.78, 5) is 12.2. The maximum absolute atomic E-state index is 12.2. The normalized spacial score (nSPS) is 19.7. The molecule has 104 valence electrons. The number of amides is 1. The van der Waals surface area contributed by atoms with Gasteiger partial charge in [-0.05, 0) is 31.2 Å². The van der Waals surface area contributed by atoms with Gasteiger partial charge in [0.1, 0.15) is 6.04 Å². The van der Waals surface area contributed by atoms with Crippen LogP contribution >= 0.6 is 0 Å². The van der Waals surface area contributed by atoms with E-state index in [4.69, 9.17) is 5.73 Å². The molecule has 1 aromatic rings. The van der Waals surface area contributed by atoms with Crippen molar-refractivity contribution >= 4 is 5.91 Å². The van der Waals surface area contributed by atoms with Crippen LogP contribution in [0.3, 0.4) is 0 Å². The van der Waals surface area contributed by atoms with E-state index in [1.54, 1.807) is 0 Å². The number of carbonyl (C=O) groups is 1. The number of rotatable bonds is 4. The van der Waals surface area contributed by atoms with Crippen molar-refractivity contribution in [3.63, 3.8) is 0 Å². The van der Waals surface area contributed by atoms with Gasteiger partial charge >= 0.3 is 0 Å². The van der Waals surface area contributed by atoms with E-state index in [0.29, 0.717) is 5.92 Å². The smallest absolute Gasteiger partial charge is 0.241 e. The Bertz CT molecular complexity index is 398. The number of nitrogens with two attached hydrogens (primary N) is 1. The molecule has 0 radical (unpaired) electrons. The first-order valence-electron chi connectivity index (χ1n) is 7.29. The summed E-state index contributed by atoms with van der Waals surface area (Å²) in [6.07, 6.45) is 6.36. The van der Waals surface area contributed by atoms with Gasteiger partial charge in [0.15, 0.2) is 0 Å². The highest BCUT2D eigenvalue weighted by Crippen LogP contribution is 2.26. The highest BCUT2D eigenvalue weighted by atomic mass is 16.2. The summed E-state index contributed by atoms with van der Waals surface area (Å²) in [5.41, 5.74) is 6.88. The second kappa shape index (κ2) is 6.71. The predicted molar refractivity (Wildman–Crippen MR) is 77.6 cm³/mol. The van der Waals surface area contributed by atoms with E-state index in [2.05, 4.69) is 12.2 Å². The maximum Gasteiger partial charge on any atom is 0.241 e. The standard InChI is InChI=1S/C16H24N2O/c1-12(13-8-4-2-5-9-13)18-16(19)15(17)14-10-6-3-7-11-14/h3,6-7,10-13,15H,2,4-5,8-9,17H2,1H3,(H,18,19)/t12-,15-/m0/s1. The molecule has 0 heterocycles. The second-order valence-electron chi connectivity index (χ2n) is 5.58. The average molecular weight is 260 g/mol. The van der Waals surface area contributed by atoms with Crippen molar-refractivity contribution in [2.45, 2.75) is 51.1 Å². The number of benzene rings is 1. The number of nitrogens with one attached hydrogen (secondary N) is 1. The molecule has 1 fully saturated rings. The van der Waals surface area contributed by atoms with E-state index in [-0.39, 0.29) is 11.9 Å². The van der Waals surface area contributed by atoms with Gasteiger partial charge < -0.3 is 11.1 Å². The third kappa shape index (κ3) is 3.80. The van der Waals surface area contributed by atoms with Crippen LogP contribution in [-0.2, 0) is 4.79 Å². The fraction of sp³-hybridized carbons (Fsp3) is 0.562. The first-order chi connectivity index (χ1) is 9.18. The minimum Gasteiger partial charge on any atom is -0.352 e. The quantitative estimate of drug-likeness (QED) is 0.874. The first kappa shape index (κ1) is 14.1. The van der Waals surface area contributed by atoms with Crippen molar-refractivity contribution in [2.24, 2.45) is 11.7 Å². The number of hydrogen-bond acceptors (Lipinski definition) is 2. The molecule has 19 heavy (non-hydrogen) atoms. The van der Waals surface area contributed by atoms with Gasteiger partial charge in [0.2, 0.25) is 5.91 Å². The van der Waals surface area contributed by atoms with Crippen LogP contribution in [0.4, 0.5) is 0 Å². The lowest BCUT2D eigenvalue weighted by atomic mass is 9.84. The van der Waals surface area contributed by atoms with Crippen LogP contribution in [0.2, 0.25) is 0 Å². The minimum atomic E-state index is -0.563. The lowest BCUT2D eigenvalue weighted by molar-refractivity contribution is -0.123. The van der Waals surface area contributed by atoms with Gasteiger partial charge in [-0.1, -0.05) is 49.6 Å². The summed E-state index contributed by atoms with van der Waals surface area (Å²) in [6, 6.07) is 9.21. The molecular weight excluding hydrogens is 236 g/mol. The van der Waals surface area contributed by atoms with Crippen LogP contribution in [0.25, 0.3) is 0 Å². The van der Waals surface area contributed by atoms with Gasteiger partial charge in [0.25, 0.3) is 0 Å². The monoisotopic (exact) mass is 260 g/mol. The van der Waals surface area contributed by atoms with Crippen LogP contribution < -0.4 is 11.1 Å². The molecule has 1 amide bonds. The van der Waals surface area contributed by atoms with E-state index in [0.717, 1.165) is 5.56 Å². The molecule has 1 saturated carbocycles. The van der Waals surface area contributed by atoms with Crippen LogP contribution in [0, 0.1) is 5.92 Å². The summed E-state index contributed by atoms with van der Waals surface area (Å²) in [6.45, 7) is 2.10. The molecule has 3 heteroatoms. The molecule has 3 N–H and O–H groups in total. The van der Waals surface area contributed by atoms with Crippen molar-refractivity contribution in [3.05, 3.63) is 35.9 Å². The zero-order valence-corrected chi connectivity index (χ0v) is 11.6. The lowest BCUT2D eigenvalue weighted by Gasteiger charge is -2.29. The molecule has 2 rings (SSSR count). The van der Waals surface area contributed by atoms with Gasteiger partial charge in [-0.25, -0.2) is 0 Å². The summed E-state index contributed by atoms with van der Waals surface area (Å²) in [5.74, 6) is 0.546. The van der Waals surface area contributed by atoms with Crippen LogP contribution in [0.15, 0.2) is 30.3 Å². The zero-order valence-electron chi connectivity index (χ0n) is 11.6. The summed E-state index contributed by atoms with van der Waals surface area (Å²) < 4.78 is 0. The fourth-order valence-electron chi connectivity index (χ4n) is 2.88. The van der Waals surface area contributed by atoms with Gasteiger partial charge in [-0.2, -0.15) is 0 Å². The average Bonchev–Trinajstić information content (AvgIpc) is 2.48. The van der Waals surface area contributed by atoms with E-state index >= 15 is 0 Å². The Morgan fingerprint density at radius 3 is 2.47 bits per heavy atom. The molecule has 3 nitrogen and oxygen atoms in total. The van der Waals surface area contributed by atoms with Crippen LogP contribution in [0.5, 0.6) is 0 Å². The molecule has 0 spiro atoms. The molecule has 0 aliphatic heterocycles. The fourth-order valence-corrected chi connectivity index (χ4v) is 2.88. The Kier molecular flexibility index (Phi) is 4.97. The SMILES string of the molecule is C[C@H](NC(=O)[C@@H](N)c1ccccc1)C1CCCCC1. The Hall–Kier alpha value is -1.35. The van der Waals surface area contributed by atoms with Crippen LogP contribution in [0.1, 0.15) is 50.6 Å². The van der Waals surface area contributed by atoms with Crippen molar-refractivity contribution < 1.29 is 4.79 Å². The summed E-state index contributed by atoms with van der Waals surface area (Å²) >= 11 is 0. The highest BCUT2D eigenvalue weighted by Gasteiger charge is 2.24. The third-order valence-corrected chi connectivity index (χ3v) is 4.17. The largest absolute Gasteiger partial charge is 0.352 e. The van der Waals surface area contributed by atoms with Crippen molar-refractivity contribution in [1.82, 2.24) is 5.32 Å². The lowest BCUT2D eigenvalue weighted by Crippen LogP contribution is -2.43. The molecule has 1 aliphatic rings. The van der Waals surface area contributed by atoms with E-state index < -0.39 is 6.04 Å². The topological polar surface area (TPSA) is 55.1 Å². The van der Waals surface area contributed by atoms with E-state index in [1.165, 1.54) is 32.1 Å². The molecule has 0 aromatic heterocycles. The number of hydrogen-bond donors (Lipinski definition) is 2. The van der Waals surface area contributed by atoms with Crippen LogP contribution in [-0.4, -0.2) is 11.9 Å². The molecular formula is C16H24N2O. The van der Waals surface area contributed by atoms with E-state index in [1.807, 2.05) is 30.3 Å². The molecule has 0 saturated heterocycles.